The Hall–Kier alpha value is -1.35. The first kappa shape index (κ1) is 14.1. The average molecular weight is 260 g/mol. The van der Waals surface area contributed by atoms with E-state index >= 15 is 0 Å². The Bertz CT molecular complexity index is 480. The molecule has 1 amide bonds. The minimum atomic E-state index is -0.537. The largest absolute Gasteiger partial charge is 0.314 e. The maximum absolute atomic E-state index is 12.4. The van der Waals surface area contributed by atoms with Crippen molar-refractivity contribution in [3.05, 3.63) is 29.3 Å². The Balaban J connectivity index is 2.24. The molecule has 0 saturated carbocycles. The lowest BCUT2D eigenvalue weighted by Crippen LogP contribution is -2.51. The number of carbonyl (C=O) groups is 1. The fourth-order valence-electron chi connectivity index (χ4n) is 2.57. The Morgan fingerprint density at radius 1 is 1.21 bits per heavy atom. The van der Waals surface area contributed by atoms with Crippen molar-refractivity contribution in [1.29, 1.82) is 0 Å². The number of aryl methyl sites for hydroxylation is 2. The number of benzene rings is 1. The highest BCUT2D eigenvalue weighted by Crippen LogP contribution is 2.26. The smallest absolute Gasteiger partial charge is 0.246 e. The van der Waals surface area contributed by atoms with Crippen molar-refractivity contribution in [1.82, 2.24) is 5.32 Å². The molecule has 0 unspecified atom stereocenters. The number of nitrogens with zero attached hydrogens (tertiary/aromatic N) is 1. The average Bonchev–Trinajstić information content (AvgIpc) is 2.45. The number of hydrogen-bond donors (Lipinski definition) is 1. The minimum Gasteiger partial charge on any atom is -0.314 e. The van der Waals surface area contributed by atoms with Crippen LogP contribution >= 0.6 is 0 Å². The van der Waals surface area contributed by atoms with Crippen molar-refractivity contribution in [3.63, 3.8) is 0 Å². The van der Waals surface area contributed by atoms with E-state index in [9.17, 15) is 4.79 Å². The van der Waals surface area contributed by atoms with Gasteiger partial charge in [-0.15, -0.1) is 0 Å². The van der Waals surface area contributed by atoms with Gasteiger partial charge in [0.05, 0.1) is 5.54 Å². The van der Waals surface area contributed by atoms with Crippen molar-refractivity contribution < 1.29 is 4.79 Å². The molecule has 3 nitrogen and oxygen atoms in total. The van der Waals surface area contributed by atoms with Crippen molar-refractivity contribution >= 4 is 11.6 Å². The standard InChI is InChI=1S/C16H24N2O/c1-16(2,17-3)15(19)18(4)14-10-9-12-7-5-6-8-13(12)11-14/h9-11,17H,5-8H2,1-4H3. The topological polar surface area (TPSA) is 32.3 Å². The molecule has 0 heterocycles. The second kappa shape index (κ2) is 5.33. The lowest BCUT2D eigenvalue weighted by atomic mass is 9.91. The van der Waals surface area contributed by atoms with Crippen LogP contribution in [0, 0.1) is 0 Å². The Morgan fingerprint density at radius 2 is 1.84 bits per heavy atom. The fraction of sp³-hybridized carbons (Fsp3) is 0.562. The molecule has 2 rings (SSSR count). The molecule has 104 valence electrons. The molecule has 19 heavy (non-hydrogen) atoms. The molecule has 0 saturated heterocycles. The summed E-state index contributed by atoms with van der Waals surface area (Å²) in [5, 5.41) is 3.06. The SMILES string of the molecule is CNC(C)(C)C(=O)N(C)c1ccc2c(c1)CCCC2. The predicted molar refractivity (Wildman–Crippen MR) is 79.6 cm³/mol. The Labute approximate surface area is 116 Å². The van der Waals surface area contributed by atoms with Crippen LogP contribution in [0.3, 0.4) is 0 Å². The summed E-state index contributed by atoms with van der Waals surface area (Å²) in [7, 11) is 3.67. The first-order valence-corrected chi connectivity index (χ1v) is 7.04. The van der Waals surface area contributed by atoms with Crippen molar-refractivity contribution in [3.8, 4) is 0 Å². The fourth-order valence-corrected chi connectivity index (χ4v) is 2.57. The van der Waals surface area contributed by atoms with Gasteiger partial charge < -0.3 is 10.2 Å². The molecule has 1 aromatic rings. The number of hydrogen-bond acceptors (Lipinski definition) is 2. The number of likely N-dealkylation sites (N-methyl/N-ethyl adjacent to an activating group) is 2. The summed E-state index contributed by atoms with van der Waals surface area (Å²) >= 11 is 0. The lowest BCUT2D eigenvalue weighted by Gasteiger charge is -2.30. The number of carbonyl (C=O) groups excluding carboxylic acids is 1. The van der Waals surface area contributed by atoms with Crippen molar-refractivity contribution in [2.24, 2.45) is 0 Å². The number of rotatable bonds is 3. The third-order valence-electron chi connectivity index (χ3n) is 4.18. The van der Waals surface area contributed by atoms with Crippen LogP contribution in [-0.2, 0) is 17.6 Å². The quantitative estimate of drug-likeness (QED) is 0.905. The third-order valence-corrected chi connectivity index (χ3v) is 4.18. The van der Waals surface area contributed by atoms with Gasteiger partial charge in [0.15, 0.2) is 0 Å². The molecule has 1 aliphatic rings. The number of fused-ring (bicyclic) bond motifs is 1. The summed E-state index contributed by atoms with van der Waals surface area (Å²) in [5.41, 5.74) is 3.31. The van der Waals surface area contributed by atoms with E-state index in [4.69, 9.17) is 0 Å². The number of nitrogens with one attached hydrogen (secondary N) is 1. The summed E-state index contributed by atoms with van der Waals surface area (Å²) in [6, 6.07) is 6.42. The molecule has 0 aromatic heterocycles. The molecule has 0 spiro atoms. The highest BCUT2D eigenvalue weighted by atomic mass is 16.2. The number of anilines is 1. The van der Waals surface area contributed by atoms with Gasteiger partial charge in [-0.05, 0) is 69.8 Å². The first-order chi connectivity index (χ1) is 8.95. The van der Waals surface area contributed by atoms with E-state index in [2.05, 4.69) is 23.5 Å². The van der Waals surface area contributed by atoms with Gasteiger partial charge in [0.2, 0.25) is 5.91 Å². The molecule has 1 aromatic carbocycles. The second-order valence-corrected chi connectivity index (χ2v) is 5.90. The molecule has 0 radical (unpaired) electrons. The van der Waals surface area contributed by atoms with E-state index in [1.165, 1.54) is 30.4 Å². The molecule has 0 aliphatic heterocycles. The van der Waals surface area contributed by atoms with Crippen molar-refractivity contribution in [2.75, 3.05) is 19.0 Å². The van der Waals surface area contributed by atoms with E-state index < -0.39 is 5.54 Å². The maximum Gasteiger partial charge on any atom is 0.246 e. The van der Waals surface area contributed by atoms with Crippen LogP contribution < -0.4 is 10.2 Å². The molecule has 0 bridgehead atoms. The molecular weight excluding hydrogens is 236 g/mol. The normalized spacial score (nSPS) is 14.9. The van der Waals surface area contributed by atoms with Crippen LogP contribution in [-0.4, -0.2) is 25.5 Å². The van der Waals surface area contributed by atoms with Crippen LogP contribution in [0.1, 0.15) is 37.8 Å². The molecule has 0 fully saturated rings. The zero-order valence-electron chi connectivity index (χ0n) is 12.4. The predicted octanol–water partition coefficient (Wildman–Crippen LogP) is 2.53. The summed E-state index contributed by atoms with van der Waals surface area (Å²) in [4.78, 5) is 14.2. The first-order valence-electron chi connectivity index (χ1n) is 7.04. The Kier molecular flexibility index (Phi) is 3.95. The van der Waals surface area contributed by atoms with Gasteiger partial charge in [-0.1, -0.05) is 6.07 Å². The third kappa shape index (κ3) is 2.81. The van der Waals surface area contributed by atoms with Gasteiger partial charge >= 0.3 is 0 Å². The monoisotopic (exact) mass is 260 g/mol. The number of amides is 1. The van der Waals surface area contributed by atoms with E-state index in [1.807, 2.05) is 27.9 Å². The van der Waals surface area contributed by atoms with E-state index in [0.717, 1.165) is 12.1 Å². The van der Waals surface area contributed by atoms with Crippen LogP contribution in [0.5, 0.6) is 0 Å². The molecule has 0 atom stereocenters. The van der Waals surface area contributed by atoms with Crippen LogP contribution in [0.25, 0.3) is 0 Å². The lowest BCUT2D eigenvalue weighted by molar-refractivity contribution is -0.123. The zero-order valence-corrected chi connectivity index (χ0v) is 12.4. The molecule has 3 heteroatoms. The highest BCUT2D eigenvalue weighted by molar-refractivity contribution is 5.99. The van der Waals surface area contributed by atoms with Gasteiger partial charge in [-0.3, -0.25) is 4.79 Å². The van der Waals surface area contributed by atoms with E-state index in [1.54, 1.807) is 4.90 Å². The van der Waals surface area contributed by atoms with Gasteiger partial charge in [-0.2, -0.15) is 0 Å². The zero-order chi connectivity index (χ0) is 14.0. The Morgan fingerprint density at radius 3 is 2.47 bits per heavy atom. The van der Waals surface area contributed by atoms with Gasteiger partial charge in [0, 0.05) is 12.7 Å². The maximum atomic E-state index is 12.4. The molecular formula is C16H24N2O. The highest BCUT2D eigenvalue weighted by Gasteiger charge is 2.29. The molecule has 1 aliphatic carbocycles. The van der Waals surface area contributed by atoms with Gasteiger partial charge in [-0.25, -0.2) is 0 Å². The summed E-state index contributed by atoms with van der Waals surface area (Å²) in [5.74, 6) is 0.0887. The minimum absolute atomic E-state index is 0.0887. The van der Waals surface area contributed by atoms with E-state index in [0.29, 0.717) is 0 Å². The van der Waals surface area contributed by atoms with Crippen LogP contribution in [0.2, 0.25) is 0 Å². The van der Waals surface area contributed by atoms with Crippen LogP contribution in [0.4, 0.5) is 5.69 Å². The van der Waals surface area contributed by atoms with Crippen LogP contribution in [0.15, 0.2) is 18.2 Å². The summed E-state index contributed by atoms with van der Waals surface area (Å²) in [6.07, 6.45) is 4.86. The van der Waals surface area contributed by atoms with Crippen molar-refractivity contribution in [2.45, 2.75) is 45.1 Å². The molecule has 1 N–H and O–H groups in total. The van der Waals surface area contributed by atoms with E-state index in [-0.39, 0.29) is 5.91 Å². The summed E-state index contributed by atoms with van der Waals surface area (Å²) in [6.45, 7) is 3.81. The second-order valence-electron chi connectivity index (χ2n) is 5.90. The van der Waals surface area contributed by atoms with Gasteiger partial charge in [0.1, 0.15) is 0 Å². The van der Waals surface area contributed by atoms with Gasteiger partial charge in [0.25, 0.3) is 0 Å². The summed E-state index contributed by atoms with van der Waals surface area (Å²) < 4.78 is 0.